The van der Waals surface area contributed by atoms with Gasteiger partial charge in [-0.3, -0.25) is 0 Å². The Morgan fingerprint density at radius 3 is 2.43 bits per heavy atom. The first-order valence-corrected chi connectivity index (χ1v) is 9.30. The van der Waals surface area contributed by atoms with Crippen molar-refractivity contribution in [2.45, 2.75) is 30.3 Å². The summed E-state index contributed by atoms with van der Waals surface area (Å²) in [7, 11) is -3.86. The second kappa shape index (κ2) is 6.40. The van der Waals surface area contributed by atoms with Crippen LogP contribution in [0.15, 0.2) is 47.4 Å². The third-order valence-corrected chi connectivity index (χ3v) is 6.61. The number of rotatable bonds is 5. The summed E-state index contributed by atoms with van der Waals surface area (Å²) in [5.74, 6) is -0.425. The molecule has 0 saturated heterocycles. The summed E-state index contributed by atoms with van der Waals surface area (Å²) in [6.07, 6.45) is 1.51. The van der Waals surface area contributed by atoms with E-state index in [9.17, 15) is 12.8 Å². The summed E-state index contributed by atoms with van der Waals surface area (Å²) < 4.78 is 41.1. The topological polar surface area (TPSA) is 37.4 Å². The third-order valence-electron chi connectivity index (χ3n) is 3.74. The van der Waals surface area contributed by atoms with E-state index in [1.54, 1.807) is 18.2 Å². The molecule has 3 rings (SSSR count). The molecule has 0 amide bonds. The second-order valence-electron chi connectivity index (χ2n) is 5.42. The molecule has 0 unspecified atom stereocenters. The first-order valence-electron chi connectivity index (χ1n) is 7.10. The number of hydrogen-bond acceptors (Lipinski definition) is 2. The van der Waals surface area contributed by atoms with Gasteiger partial charge in [0.05, 0.1) is 10.0 Å². The van der Waals surface area contributed by atoms with Gasteiger partial charge in [-0.1, -0.05) is 47.5 Å². The van der Waals surface area contributed by atoms with Crippen molar-refractivity contribution in [3.8, 4) is 0 Å². The molecule has 2 aromatic carbocycles. The summed E-state index contributed by atoms with van der Waals surface area (Å²) in [6.45, 7) is -0.0253. The molecule has 0 aromatic heterocycles. The van der Waals surface area contributed by atoms with E-state index in [-0.39, 0.29) is 27.5 Å². The van der Waals surface area contributed by atoms with Crippen molar-refractivity contribution < 1.29 is 12.8 Å². The molecular weight excluding hydrogens is 360 g/mol. The molecule has 0 N–H and O–H groups in total. The molecule has 0 spiro atoms. The summed E-state index contributed by atoms with van der Waals surface area (Å²) >= 11 is 12.0. The molecule has 0 bridgehead atoms. The van der Waals surface area contributed by atoms with Crippen LogP contribution in [0.5, 0.6) is 0 Å². The fourth-order valence-corrected chi connectivity index (χ4v) is 4.78. The number of benzene rings is 2. The van der Waals surface area contributed by atoms with Gasteiger partial charge < -0.3 is 0 Å². The summed E-state index contributed by atoms with van der Waals surface area (Å²) in [6, 6.07) is 10.5. The van der Waals surface area contributed by atoms with Crippen LogP contribution >= 0.6 is 23.2 Å². The Labute approximate surface area is 144 Å². The van der Waals surface area contributed by atoms with Gasteiger partial charge in [-0.2, -0.15) is 4.31 Å². The second-order valence-corrected chi connectivity index (χ2v) is 8.07. The molecule has 0 heterocycles. The van der Waals surface area contributed by atoms with E-state index in [1.165, 1.54) is 28.6 Å². The average molecular weight is 374 g/mol. The van der Waals surface area contributed by atoms with E-state index in [0.717, 1.165) is 12.8 Å². The van der Waals surface area contributed by atoms with Crippen LogP contribution < -0.4 is 0 Å². The van der Waals surface area contributed by atoms with Gasteiger partial charge in [0.2, 0.25) is 10.0 Å². The fraction of sp³-hybridized carbons (Fsp3) is 0.250. The SMILES string of the molecule is O=S(=O)(c1cccc(Cl)c1Cl)N(Cc1ccccc1F)C1CC1. The molecule has 122 valence electrons. The van der Waals surface area contributed by atoms with E-state index < -0.39 is 15.8 Å². The van der Waals surface area contributed by atoms with Crippen molar-refractivity contribution in [1.29, 1.82) is 0 Å². The van der Waals surface area contributed by atoms with Crippen molar-refractivity contribution >= 4 is 33.2 Å². The van der Waals surface area contributed by atoms with Gasteiger partial charge in [0.1, 0.15) is 10.7 Å². The van der Waals surface area contributed by atoms with E-state index in [2.05, 4.69) is 0 Å². The predicted octanol–water partition coefficient (Wildman–Crippen LogP) is 4.49. The van der Waals surface area contributed by atoms with Gasteiger partial charge in [-0.25, -0.2) is 12.8 Å². The van der Waals surface area contributed by atoms with E-state index in [0.29, 0.717) is 5.56 Å². The van der Waals surface area contributed by atoms with E-state index in [4.69, 9.17) is 23.2 Å². The van der Waals surface area contributed by atoms with Crippen LogP contribution in [0.3, 0.4) is 0 Å². The lowest BCUT2D eigenvalue weighted by Crippen LogP contribution is -2.33. The molecule has 2 aromatic rings. The highest BCUT2D eigenvalue weighted by Gasteiger charge is 2.39. The predicted molar refractivity (Wildman–Crippen MR) is 88.6 cm³/mol. The zero-order chi connectivity index (χ0) is 16.6. The highest BCUT2D eigenvalue weighted by molar-refractivity contribution is 7.89. The van der Waals surface area contributed by atoms with Crippen molar-refractivity contribution in [1.82, 2.24) is 4.31 Å². The van der Waals surface area contributed by atoms with Crippen molar-refractivity contribution in [3.63, 3.8) is 0 Å². The summed E-state index contributed by atoms with van der Waals surface area (Å²) in [5, 5.41) is 0.169. The molecule has 7 heteroatoms. The van der Waals surface area contributed by atoms with Crippen molar-refractivity contribution in [3.05, 3.63) is 63.9 Å². The van der Waals surface area contributed by atoms with Crippen molar-refractivity contribution in [2.75, 3.05) is 0 Å². The number of hydrogen-bond donors (Lipinski definition) is 0. The van der Waals surface area contributed by atoms with Crippen LogP contribution in [0.4, 0.5) is 4.39 Å². The zero-order valence-corrected chi connectivity index (χ0v) is 14.4. The molecule has 0 atom stereocenters. The van der Waals surface area contributed by atoms with Gasteiger partial charge in [0.15, 0.2) is 0 Å². The maximum Gasteiger partial charge on any atom is 0.245 e. The molecular formula is C16H14Cl2FNO2S. The van der Waals surface area contributed by atoms with Crippen molar-refractivity contribution in [2.24, 2.45) is 0 Å². The molecule has 1 aliphatic rings. The number of nitrogens with zero attached hydrogens (tertiary/aromatic N) is 1. The lowest BCUT2D eigenvalue weighted by Gasteiger charge is -2.23. The third kappa shape index (κ3) is 3.38. The highest BCUT2D eigenvalue weighted by atomic mass is 35.5. The minimum absolute atomic E-state index is 0.00616. The molecule has 23 heavy (non-hydrogen) atoms. The monoisotopic (exact) mass is 373 g/mol. The molecule has 0 radical (unpaired) electrons. The first kappa shape index (κ1) is 16.7. The Morgan fingerprint density at radius 1 is 1.09 bits per heavy atom. The lowest BCUT2D eigenvalue weighted by atomic mass is 10.2. The molecule has 3 nitrogen and oxygen atoms in total. The summed E-state index contributed by atoms with van der Waals surface area (Å²) in [4.78, 5) is -0.0464. The van der Waals surface area contributed by atoms with Gasteiger partial charge in [-0.15, -0.1) is 0 Å². The zero-order valence-electron chi connectivity index (χ0n) is 12.0. The smallest absolute Gasteiger partial charge is 0.207 e. The normalized spacial score (nSPS) is 15.1. The maximum atomic E-state index is 13.9. The van der Waals surface area contributed by atoms with Crippen LogP contribution in [0.25, 0.3) is 0 Å². The maximum absolute atomic E-state index is 13.9. The average Bonchev–Trinajstić information content (AvgIpc) is 3.33. The van der Waals surface area contributed by atoms with Crippen LogP contribution in [0.2, 0.25) is 10.0 Å². The Hall–Kier alpha value is -1.14. The van der Waals surface area contributed by atoms with Gasteiger partial charge >= 0.3 is 0 Å². The standard InChI is InChI=1S/C16H14Cl2FNO2S/c17-13-5-3-7-15(16(13)18)23(21,22)20(12-8-9-12)10-11-4-1-2-6-14(11)19/h1-7,12H,8-10H2. The molecule has 0 aliphatic heterocycles. The highest BCUT2D eigenvalue weighted by Crippen LogP contribution is 2.37. The lowest BCUT2D eigenvalue weighted by molar-refractivity contribution is 0.391. The van der Waals surface area contributed by atoms with Gasteiger partial charge in [0, 0.05) is 18.2 Å². The molecule has 1 fully saturated rings. The Morgan fingerprint density at radius 2 is 1.78 bits per heavy atom. The fourth-order valence-electron chi connectivity index (χ4n) is 2.38. The van der Waals surface area contributed by atoms with E-state index >= 15 is 0 Å². The Bertz CT molecular complexity index is 838. The number of sulfonamides is 1. The minimum atomic E-state index is -3.86. The van der Waals surface area contributed by atoms with E-state index in [1.807, 2.05) is 0 Å². The molecule has 1 saturated carbocycles. The van der Waals surface area contributed by atoms with Crippen LogP contribution in [0.1, 0.15) is 18.4 Å². The van der Waals surface area contributed by atoms with Crippen LogP contribution in [0, 0.1) is 5.82 Å². The number of halogens is 3. The Kier molecular flexibility index (Phi) is 4.65. The summed E-state index contributed by atoms with van der Waals surface area (Å²) in [5.41, 5.74) is 0.334. The van der Waals surface area contributed by atoms with Gasteiger partial charge in [-0.05, 0) is 31.0 Å². The van der Waals surface area contributed by atoms with Crippen LogP contribution in [-0.4, -0.2) is 18.8 Å². The first-order chi connectivity index (χ1) is 10.9. The van der Waals surface area contributed by atoms with Gasteiger partial charge in [0.25, 0.3) is 0 Å². The largest absolute Gasteiger partial charge is 0.245 e. The minimum Gasteiger partial charge on any atom is -0.207 e. The van der Waals surface area contributed by atoms with Crippen LogP contribution in [-0.2, 0) is 16.6 Å². The quantitative estimate of drug-likeness (QED) is 0.774. The Balaban J connectivity index is 2.01. The molecule has 1 aliphatic carbocycles.